The first-order chi connectivity index (χ1) is 13.4. The Bertz CT molecular complexity index is 801. The van der Waals surface area contributed by atoms with Crippen LogP contribution < -0.4 is 0 Å². The Morgan fingerprint density at radius 1 is 1.25 bits per heavy atom. The van der Waals surface area contributed by atoms with E-state index in [1.54, 1.807) is 0 Å². The minimum absolute atomic E-state index is 0.130. The van der Waals surface area contributed by atoms with Gasteiger partial charge in [-0.25, -0.2) is 0 Å². The first kappa shape index (κ1) is 18.7. The second kappa shape index (κ2) is 6.32. The molecule has 0 aromatic heterocycles. The number of hydrogen-bond donors (Lipinski definition) is 2. The summed E-state index contributed by atoms with van der Waals surface area (Å²) in [5.74, 6) is 3.20. The third-order valence-electron chi connectivity index (χ3n) is 9.38. The molecule has 0 spiro atoms. The van der Waals surface area contributed by atoms with Gasteiger partial charge in [0.25, 0.3) is 0 Å². The van der Waals surface area contributed by atoms with Gasteiger partial charge in [0.15, 0.2) is 0 Å². The van der Waals surface area contributed by atoms with Crippen LogP contribution in [0.4, 0.5) is 0 Å². The maximum atomic E-state index is 12.3. The topological polar surface area (TPSA) is 57.5 Å². The van der Waals surface area contributed by atoms with E-state index in [-0.39, 0.29) is 11.2 Å². The van der Waals surface area contributed by atoms with Crippen LogP contribution >= 0.6 is 0 Å². The van der Waals surface area contributed by atoms with Crippen LogP contribution in [0.2, 0.25) is 0 Å². The lowest BCUT2D eigenvalue weighted by Crippen LogP contribution is -2.56. The number of fused-ring (bicyclic) bond motifs is 7. The number of benzene rings is 1. The number of Topliss-reactive ketones (excluding diaryl/α,β-unsaturated/α-hetero) is 1. The number of phenolic OH excluding ortho intramolecular Hbond substituents is 1. The normalized spacial score (nSPS) is 44.4. The summed E-state index contributed by atoms with van der Waals surface area (Å²) < 4.78 is 0. The molecule has 1 aromatic rings. The van der Waals surface area contributed by atoms with Crippen molar-refractivity contribution in [3.8, 4) is 5.75 Å². The average Bonchev–Trinajstić information content (AvgIpc) is 2.88. The zero-order valence-corrected chi connectivity index (χ0v) is 17.3. The number of rotatable bonds is 2. The molecule has 0 unspecified atom stereocenters. The van der Waals surface area contributed by atoms with E-state index in [0.29, 0.717) is 48.2 Å². The van der Waals surface area contributed by atoms with Gasteiger partial charge in [0, 0.05) is 18.3 Å². The van der Waals surface area contributed by atoms with Gasteiger partial charge in [-0.2, -0.15) is 0 Å². The van der Waals surface area contributed by atoms with Crippen LogP contribution in [0.3, 0.4) is 0 Å². The number of aliphatic hydroxyl groups is 1. The quantitative estimate of drug-likeness (QED) is 0.758. The summed E-state index contributed by atoms with van der Waals surface area (Å²) in [6.07, 6.45) is 8.55. The van der Waals surface area contributed by atoms with E-state index < -0.39 is 5.60 Å². The zero-order valence-electron chi connectivity index (χ0n) is 17.3. The minimum atomic E-state index is -0.788. The molecule has 0 aliphatic heterocycles. The Hall–Kier alpha value is -1.35. The Morgan fingerprint density at radius 3 is 2.86 bits per heavy atom. The van der Waals surface area contributed by atoms with Gasteiger partial charge < -0.3 is 10.2 Å². The van der Waals surface area contributed by atoms with Crippen molar-refractivity contribution < 1.29 is 15.0 Å². The highest BCUT2D eigenvalue weighted by Gasteiger charge is 2.67. The van der Waals surface area contributed by atoms with Crippen molar-refractivity contribution in [3.05, 3.63) is 29.3 Å². The van der Waals surface area contributed by atoms with Gasteiger partial charge in [0.05, 0.1) is 5.60 Å². The molecule has 0 bridgehead atoms. The van der Waals surface area contributed by atoms with E-state index in [0.717, 1.165) is 32.1 Å². The summed E-state index contributed by atoms with van der Waals surface area (Å²) in [5, 5.41) is 21.8. The highest BCUT2D eigenvalue weighted by molar-refractivity contribution is 5.80. The molecule has 4 aliphatic carbocycles. The fourth-order valence-corrected chi connectivity index (χ4v) is 8.12. The third kappa shape index (κ3) is 2.41. The van der Waals surface area contributed by atoms with Gasteiger partial charge in [0.2, 0.25) is 0 Å². The number of carbonyl (C=O) groups excluding carboxylic acids is 1. The lowest BCUT2D eigenvalue weighted by Gasteiger charge is -2.56. The van der Waals surface area contributed by atoms with E-state index in [1.807, 2.05) is 12.1 Å². The second-order valence-corrected chi connectivity index (χ2v) is 10.5. The first-order valence-electron chi connectivity index (χ1n) is 11.4. The molecule has 3 saturated carbocycles. The maximum absolute atomic E-state index is 12.3. The van der Waals surface area contributed by atoms with Gasteiger partial charge in [-0.3, -0.25) is 4.79 Å². The van der Waals surface area contributed by atoms with Crippen molar-refractivity contribution >= 4 is 5.78 Å². The van der Waals surface area contributed by atoms with Gasteiger partial charge in [-0.1, -0.05) is 32.8 Å². The molecular weight excluding hydrogens is 348 g/mol. The number of aromatic hydroxyl groups is 1. The summed E-state index contributed by atoms with van der Waals surface area (Å²) >= 11 is 0. The SMILES string of the molecule is CCC[C@@H]1Cc2cc(O)ccc2[C@H]2CC[C@@]3(C)[C@@H](C[C@H]4CCC(=O)C[C@@]43O)[C@H]12. The molecule has 0 radical (unpaired) electrons. The predicted octanol–water partition coefficient (Wildman–Crippen LogP) is 4.98. The molecular formula is C25H34O3. The Morgan fingerprint density at radius 2 is 2.07 bits per heavy atom. The van der Waals surface area contributed by atoms with Crippen LogP contribution in [0.1, 0.15) is 82.3 Å². The minimum Gasteiger partial charge on any atom is -0.508 e. The molecule has 28 heavy (non-hydrogen) atoms. The number of hydrogen-bond acceptors (Lipinski definition) is 3. The van der Waals surface area contributed by atoms with Gasteiger partial charge in [-0.05, 0) is 85.0 Å². The Kier molecular flexibility index (Phi) is 4.21. The lowest BCUT2D eigenvalue weighted by molar-refractivity contribution is -0.156. The summed E-state index contributed by atoms with van der Waals surface area (Å²) in [5.41, 5.74) is 1.86. The summed E-state index contributed by atoms with van der Waals surface area (Å²) in [7, 11) is 0. The molecule has 3 nitrogen and oxygen atoms in total. The predicted molar refractivity (Wildman–Crippen MR) is 109 cm³/mol. The molecule has 0 heterocycles. The zero-order chi connectivity index (χ0) is 19.7. The van der Waals surface area contributed by atoms with Crippen LogP contribution in [0, 0.1) is 29.1 Å². The molecule has 2 N–H and O–H groups in total. The molecule has 0 amide bonds. The Labute approximate surface area is 168 Å². The first-order valence-corrected chi connectivity index (χ1v) is 11.4. The fourth-order valence-electron chi connectivity index (χ4n) is 8.12. The molecule has 3 heteroatoms. The van der Waals surface area contributed by atoms with Crippen molar-refractivity contribution in [2.45, 2.75) is 83.2 Å². The van der Waals surface area contributed by atoms with Gasteiger partial charge >= 0.3 is 0 Å². The van der Waals surface area contributed by atoms with Crippen LogP contribution in [0.25, 0.3) is 0 Å². The lowest BCUT2D eigenvalue weighted by atomic mass is 9.49. The molecule has 152 valence electrons. The van der Waals surface area contributed by atoms with Crippen LogP contribution in [0.5, 0.6) is 5.75 Å². The highest BCUT2D eigenvalue weighted by Crippen LogP contribution is 2.69. The number of phenols is 1. The third-order valence-corrected chi connectivity index (χ3v) is 9.38. The monoisotopic (exact) mass is 382 g/mol. The maximum Gasteiger partial charge on any atom is 0.135 e. The largest absolute Gasteiger partial charge is 0.508 e. The van der Waals surface area contributed by atoms with Gasteiger partial charge in [-0.15, -0.1) is 0 Å². The second-order valence-electron chi connectivity index (χ2n) is 10.5. The number of ketones is 1. The van der Waals surface area contributed by atoms with Crippen molar-refractivity contribution in [2.24, 2.45) is 29.1 Å². The smallest absolute Gasteiger partial charge is 0.135 e. The van der Waals surface area contributed by atoms with Crippen molar-refractivity contribution in [3.63, 3.8) is 0 Å². The number of carbonyl (C=O) groups is 1. The van der Waals surface area contributed by atoms with Crippen LogP contribution in [0.15, 0.2) is 18.2 Å². The molecule has 0 saturated heterocycles. The fraction of sp³-hybridized carbons (Fsp3) is 0.720. The molecule has 3 fully saturated rings. The van der Waals surface area contributed by atoms with Crippen molar-refractivity contribution in [2.75, 3.05) is 0 Å². The van der Waals surface area contributed by atoms with Crippen LogP contribution in [-0.2, 0) is 11.2 Å². The van der Waals surface area contributed by atoms with Crippen molar-refractivity contribution in [1.82, 2.24) is 0 Å². The molecule has 5 rings (SSSR count). The summed E-state index contributed by atoms with van der Waals surface area (Å²) in [6, 6.07) is 6.00. The van der Waals surface area contributed by atoms with E-state index >= 15 is 0 Å². The van der Waals surface area contributed by atoms with Crippen LogP contribution in [-0.4, -0.2) is 21.6 Å². The molecule has 1 aromatic carbocycles. The molecule has 4 aliphatic rings. The summed E-state index contributed by atoms with van der Waals surface area (Å²) in [4.78, 5) is 12.3. The standard InChI is InChI=1S/C25H34O3/c1-3-4-15-11-16-12-18(26)7-8-20(16)21-9-10-24(2)22(23(15)21)13-17-5-6-19(27)14-25(17,24)28/h7-8,12,15,17,21-23,26,28H,3-6,9-11,13-14H2,1-2H3/t15-,17-,21-,22+,23-,24+,25-/m1/s1. The molecule has 7 atom stereocenters. The van der Waals surface area contributed by atoms with Gasteiger partial charge in [0.1, 0.15) is 11.5 Å². The van der Waals surface area contributed by atoms with E-state index in [2.05, 4.69) is 19.9 Å². The average molecular weight is 383 g/mol. The highest BCUT2D eigenvalue weighted by atomic mass is 16.3. The van der Waals surface area contributed by atoms with E-state index in [1.165, 1.54) is 24.0 Å². The van der Waals surface area contributed by atoms with E-state index in [9.17, 15) is 15.0 Å². The Balaban J connectivity index is 1.57. The van der Waals surface area contributed by atoms with Crippen molar-refractivity contribution in [1.29, 1.82) is 0 Å². The summed E-state index contributed by atoms with van der Waals surface area (Å²) in [6.45, 7) is 4.58. The van der Waals surface area contributed by atoms with E-state index in [4.69, 9.17) is 0 Å².